The van der Waals surface area contributed by atoms with E-state index in [9.17, 15) is 0 Å². The Kier molecular flexibility index (Phi) is 7.63. The summed E-state index contributed by atoms with van der Waals surface area (Å²) >= 11 is 0. The van der Waals surface area contributed by atoms with Crippen molar-refractivity contribution in [3.63, 3.8) is 0 Å². The van der Waals surface area contributed by atoms with E-state index in [1.54, 1.807) is 0 Å². The van der Waals surface area contributed by atoms with E-state index in [1.807, 2.05) is 0 Å². The van der Waals surface area contributed by atoms with Crippen LogP contribution in [0.2, 0.25) is 0 Å². The Balaban J connectivity index is 1.13. The number of hydrogen-bond acceptors (Lipinski definition) is 2. The van der Waals surface area contributed by atoms with Crippen molar-refractivity contribution < 1.29 is 0 Å². The molecule has 0 aromatic heterocycles. The minimum atomic E-state index is -0.0123. The van der Waals surface area contributed by atoms with Crippen LogP contribution in [-0.2, 0) is 0 Å². The van der Waals surface area contributed by atoms with Gasteiger partial charge in [0, 0.05) is 11.6 Å². The van der Waals surface area contributed by atoms with Crippen LogP contribution < -0.4 is 20.7 Å². The summed E-state index contributed by atoms with van der Waals surface area (Å²) in [6.45, 7) is 2.39. The number of para-hydroxylation sites is 3. The lowest BCUT2D eigenvalue weighted by atomic mass is 9.68. The SMILES string of the molecule is CC1C=CC=C2C(c3cccc4ccccc34)=c3cc(-c4ccc(C5Nc6ccccc6N5c5ccccc5)cc4)ccc3=C(c3cccc4ccccc34)C21. The first-order valence-electron chi connectivity index (χ1n) is 19.7. The van der Waals surface area contributed by atoms with Crippen molar-refractivity contribution in [1.82, 2.24) is 0 Å². The minimum Gasteiger partial charge on any atom is -0.359 e. The molecule has 0 saturated carbocycles. The molecule has 1 N–H and O–H groups in total. The number of nitrogens with one attached hydrogen (secondary N) is 1. The first-order valence-corrected chi connectivity index (χ1v) is 19.7. The summed E-state index contributed by atoms with van der Waals surface area (Å²) in [5.74, 6) is 0.549. The summed E-state index contributed by atoms with van der Waals surface area (Å²) in [6.07, 6.45) is 7.05. The average molecular weight is 717 g/mol. The summed E-state index contributed by atoms with van der Waals surface area (Å²) in [4.78, 5) is 2.41. The van der Waals surface area contributed by atoms with Crippen LogP contribution in [0.25, 0.3) is 43.8 Å². The smallest absolute Gasteiger partial charge is 0.130 e. The fourth-order valence-corrected chi connectivity index (χ4v) is 9.62. The van der Waals surface area contributed by atoms with Crippen LogP contribution in [-0.4, -0.2) is 0 Å². The number of rotatable bonds is 5. The van der Waals surface area contributed by atoms with E-state index in [-0.39, 0.29) is 12.1 Å². The summed E-state index contributed by atoms with van der Waals surface area (Å²) in [5, 5.41) is 11.5. The van der Waals surface area contributed by atoms with Gasteiger partial charge in [-0.05, 0) is 113 Å². The molecule has 1 aliphatic heterocycles. The quantitative estimate of drug-likeness (QED) is 0.191. The monoisotopic (exact) mass is 716 g/mol. The van der Waals surface area contributed by atoms with Gasteiger partial charge in [0.25, 0.3) is 0 Å². The van der Waals surface area contributed by atoms with Gasteiger partial charge in [0.15, 0.2) is 0 Å². The van der Waals surface area contributed by atoms with Gasteiger partial charge in [-0.2, -0.15) is 0 Å². The molecule has 0 amide bonds. The zero-order chi connectivity index (χ0) is 37.2. The average Bonchev–Trinajstić information content (AvgIpc) is 3.65. The number of fused-ring (bicyclic) bond motifs is 5. The Labute approximate surface area is 327 Å². The van der Waals surface area contributed by atoms with Crippen LogP contribution in [0.1, 0.15) is 29.8 Å². The van der Waals surface area contributed by atoms with Crippen LogP contribution in [0.15, 0.2) is 206 Å². The molecule has 2 aliphatic carbocycles. The van der Waals surface area contributed by atoms with Gasteiger partial charge in [-0.25, -0.2) is 0 Å². The molecule has 2 heteroatoms. The number of anilines is 3. The molecule has 0 bridgehead atoms. The first kappa shape index (κ1) is 32.5. The molecule has 2 nitrogen and oxygen atoms in total. The van der Waals surface area contributed by atoms with E-state index in [4.69, 9.17) is 0 Å². The second-order valence-electron chi connectivity index (χ2n) is 15.3. The maximum atomic E-state index is 3.81. The second kappa shape index (κ2) is 13.1. The molecule has 8 aromatic carbocycles. The zero-order valence-corrected chi connectivity index (χ0v) is 31.2. The van der Waals surface area contributed by atoms with Crippen molar-refractivity contribution in [3.05, 3.63) is 233 Å². The Hall–Kier alpha value is -6.90. The normalized spacial score (nSPS) is 18.3. The maximum Gasteiger partial charge on any atom is 0.130 e. The molecule has 1 heterocycles. The molecular weight excluding hydrogens is 677 g/mol. The molecular formula is C54H40N2. The van der Waals surface area contributed by atoms with E-state index in [1.165, 1.54) is 87.9 Å². The molecule has 0 saturated heterocycles. The number of hydrogen-bond donors (Lipinski definition) is 1. The van der Waals surface area contributed by atoms with Crippen LogP contribution in [0.5, 0.6) is 0 Å². The van der Waals surface area contributed by atoms with Gasteiger partial charge in [-0.1, -0.05) is 177 Å². The highest BCUT2D eigenvalue weighted by molar-refractivity contribution is 6.02. The largest absolute Gasteiger partial charge is 0.359 e. The maximum absolute atomic E-state index is 3.81. The van der Waals surface area contributed by atoms with Crippen LogP contribution in [0.3, 0.4) is 0 Å². The third kappa shape index (κ3) is 5.17. The summed E-state index contributed by atoms with van der Waals surface area (Å²) in [7, 11) is 0. The lowest BCUT2D eigenvalue weighted by molar-refractivity contribution is 0.598. The van der Waals surface area contributed by atoms with Gasteiger partial charge < -0.3 is 10.2 Å². The molecule has 8 aromatic rings. The van der Waals surface area contributed by atoms with E-state index in [0.717, 1.165) is 5.69 Å². The lowest BCUT2D eigenvalue weighted by Gasteiger charge is -2.35. The van der Waals surface area contributed by atoms with E-state index >= 15 is 0 Å². The van der Waals surface area contributed by atoms with Crippen molar-refractivity contribution >= 4 is 49.8 Å². The standard InChI is InChI=1S/C54H40N2/c1-35-14-11-25-47-51(35)53(45-24-13-18-38-16-6-8-22-43(38)45)46-33-32-40(34-48(46)52(47)44-23-12-17-37-15-5-7-21-42(37)44)36-28-30-39(31-29-36)54-55-49-26-9-10-27-50(49)56(54)41-19-3-2-4-20-41/h2-35,51,54-55H,1H3. The number of benzene rings is 8. The highest BCUT2D eigenvalue weighted by atomic mass is 15.3. The first-order chi connectivity index (χ1) is 27.7. The molecule has 0 radical (unpaired) electrons. The summed E-state index contributed by atoms with van der Waals surface area (Å²) < 4.78 is 0. The number of nitrogens with zero attached hydrogens (tertiary/aromatic N) is 1. The van der Waals surface area contributed by atoms with Crippen LogP contribution in [0, 0.1) is 11.8 Å². The molecule has 0 spiro atoms. The topological polar surface area (TPSA) is 15.3 Å². The zero-order valence-electron chi connectivity index (χ0n) is 31.2. The fourth-order valence-electron chi connectivity index (χ4n) is 9.62. The third-order valence-electron chi connectivity index (χ3n) is 12.2. The van der Waals surface area contributed by atoms with Crippen molar-refractivity contribution in [2.45, 2.75) is 13.1 Å². The highest BCUT2D eigenvalue weighted by Crippen LogP contribution is 2.47. The summed E-state index contributed by atoms with van der Waals surface area (Å²) in [5.41, 5.74) is 13.9. The van der Waals surface area contributed by atoms with Gasteiger partial charge in [0.1, 0.15) is 6.17 Å². The third-order valence-corrected chi connectivity index (χ3v) is 12.2. The van der Waals surface area contributed by atoms with Gasteiger partial charge in [0.05, 0.1) is 11.4 Å². The Morgan fingerprint density at radius 3 is 1.96 bits per heavy atom. The number of allylic oxidation sites excluding steroid dienone is 4. The minimum absolute atomic E-state index is 0.0123. The van der Waals surface area contributed by atoms with Crippen molar-refractivity contribution in [1.29, 1.82) is 0 Å². The van der Waals surface area contributed by atoms with Gasteiger partial charge in [-0.15, -0.1) is 0 Å². The van der Waals surface area contributed by atoms with Crippen LogP contribution in [0.4, 0.5) is 17.1 Å². The molecule has 0 fully saturated rings. The fraction of sp³-hybridized carbons (Fsp3) is 0.0741. The lowest BCUT2D eigenvalue weighted by Crippen LogP contribution is -2.40. The van der Waals surface area contributed by atoms with Gasteiger partial charge in [-0.3, -0.25) is 0 Å². The molecule has 3 unspecified atom stereocenters. The van der Waals surface area contributed by atoms with Gasteiger partial charge in [0.2, 0.25) is 0 Å². The Morgan fingerprint density at radius 1 is 0.536 bits per heavy atom. The molecule has 3 aliphatic rings. The molecule has 56 heavy (non-hydrogen) atoms. The van der Waals surface area contributed by atoms with E-state index < -0.39 is 0 Å². The van der Waals surface area contributed by atoms with Crippen molar-refractivity contribution in [3.8, 4) is 11.1 Å². The summed E-state index contributed by atoms with van der Waals surface area (Å²) in [6, 6.07) is 67.0. The van der Waals surface area contributed by atoms with E-state index in [2.05, 4.69) is 217 Å². The molecule has 266 valence electrons. The van der Waals surface area contributed by atoms with Crippen molar-refractivity contribution in [2.75, 3.05) is 10.2 Å². The van der Waals surface area contributed by atoms with Crippen molar-refractivity contribution in [2.24, 2.45) is 11.8 Å². The second-order valence-corrected chi connectivity index (χ2v) is 15.3. The molecule has 11 rings (SSSR count). The predicted molar refractivity (Wildman–Crippen MR) is 235 cm³/mol. The Bertz CT molecular complexity index is 3010. The van der Waals surface area contributed by atoms with Gasteiger partial charge >= 0.3 is 0 Å². The van der Waals surface area contributed by atoms with Crippen LogP contribution >= 0.6 is 0 Å². The Morgan fingerprint density at radius 2 is 1.18 bits per heavy atom. The van der Waals surface area contributed by atoms with E-state index in [0.29, 0.717) is 5.92 Å². The predicted octanol–water partition coefficient (Wildman–Crippen LogP) is 12.1. The highest BCUT2D eigenvalue weighted by Gasteiger charge is 2.35. The molecule has 3 atom stereocenters.